The minimum atomic E-state index is 0.247. The highest BCUT2D eigenvalue weighted by Crippen LogP contribution is 2.30. The summed E-state index contributed by atoms with van der Waals surface area (Å²) in [5.74, 6) is 1.21. The van der Waals surface area contributed by atoms with E-state index in [1.807, 2.05) is 24.3 Å². The quantitative estimate of drug-likeness (QED) is 0.243. The third-order valence-electron chi connectivity index (χ3n) is 7.41. The standard InChI is InChI=1S/C31H34Cl2N4/c1-37(2)30-19-31(36-29-6-4-3-5-27(29)30)35-26-17-15-25(16-18-26)34-20-28(21-7-11-23(32)12-8-21)22-9-13-24(33)14-10-22/h3-14,19,25-26,28,34H,15-18,20H2,1-2H3,(H,35,36). The van der Waals surface area contributed by atoms with Crippen molar-refractivity contribution in [3.05, 3.63) is 100 Å². The molecule has 0 unspecified atom stereocenters. The third kappa shape index (κ3) is 6.38. The maximum atomic E-state index is 6.16. The zero-order valence-corrected chi connectivity index (χ0v) is 22.9. The molecular formula is C31H34Cl2N4. The lowest BCUT2D eigenvalue weighted by atomic mass is 9.88. The van der Waals surface area contributed by atoms with Crippen molar-refractivity contribution < 1.29 is 0 Å². The van der Waals surface area contributed by atoms with Crippen LogP contribution in [-0.2, 0) is 0 Å². The van der Waals surface area contributed by atoms with E-state index < -0.39 is 0 Å². The Hall–Kier alpha value is -2.79. The van der Waals surface area contributed by atoms with Crippen LogP contribution < -0.4 is 15.5 Å². The van der Waals surface area contributed by atoms with E-state index in [9.17, 15) is 0 Å². The van der Waals surface area contributed by atoms with Gasteiger partial charge in [-0.05, 0) is 67.1 Å². The highest BCUT2D eigenvalue weighted by Gasteiger charge is 2.23. The Labute approximate surface area is 230 Å². The molecule has 5 rings (SSSR count). The summed E-state index contributed by atoms with van der Waals surface area (Å²) in [6, 6.07) is 27.9. The maximum Gasteiger partial charge on any atom is 0.128 e. The number of aromatic nitrogens is 1. The Kier molecular flexibility index (Phi) is 8.19. The molecule has 37 heavy (non-hydrogen) atoms. The molecule has 3 aromatic carbocycles. The number of benzene rings is 3. The summed E-state index contributed by atoms with van der Waals surface area (Å²) >= 11 is 12.3. The number of hydrogen-bond donors (Lipinski definition) is 2. The minimum Gasteiger partial charge on any atom is -0.377 e. The summed E-state index contributed by atoms with van der Waals surface area (Å²) in [5, 5.41) is 10.3. The van der Waals surface area contributed by atoms with Crippen molar-refractivity contribution in [3.8, 4) is 0 Å². The van der Waals surface area contributed by atoms with Crippen molar-refractivity contribution >= 4 is 45.6 Å². The van der Waals surface area contributed by atoms with Crippen molar-refractivity contribution in [1.82, 2.24) is 10.3 Å². The molecular weight excluding hydrogens is 499 g/mol. The van der Waals surface area contributed by atoms with E-state index in [2.05, 4.69) is 84.2 Å². The molecule has 192 valence electrons. The second kappa shape index (κ2) is 11.7. The second-order valence-corrected chi connectivity index (χ2v) is 11.1. The molecule has 1 aliphatic rings. The zero-order chi connectivity index (χ0) is 25.8. The van der Waals surface area contributed by atoms with Crippen LogP contribution in [0.25, 0.3) is 10.9 Å². The molecule has 0 saturated heterocycles. The fourth-order valence-corrected chi connectivity index (χ4v) is 5.61. The Morgan fingerprint density at radius 3 is 1.97 bits per heavy atom. The van der Waals surface area contributed by atoms with Gasteiger partial charge >= 0.3 is 0 Å². The molecule has 0 bridgehead atoms. The average molecular weight is 534 g/mol. The molecule has 0 radical (unpaired) electrons. The maximum absolute atomic E-state index is 6.16. The van der Waals surface area contributed by atoms with Crippen molar-refractivity contribution in [3.63, 3.8) is 0 Å². The number of halogens is 2. The zero-order valence-electron chi connectivity index (χ0n) is 21.4. The minimum absolute atomic E-state index is 0.247. The molecule has 2 N–H and O–H groups in total. The molecule has 4 aromatic rings. The number of rotatable bonds is 8. The molecule has 1 heterocycles. The largest absolute Gasteiger partial charge is 0.377 e. The first-order chi connectivity index (χ1) is 18.0. The molecule has 0 amide bonds. The molecule has 0 atom stereocenters. The van der Waals surface area contributed by atoms with E-state index in [1.54, 1.807) is 0 Å². The first-order valence-corrected chi connectivity index (χ1v) is 13.8. The number of para-hydroxylation sites is 1. The molecule has 1 aromatic heterocycles. The van der Waals surface area contributed by atoms with Crippen molar-refractivity contribution in [2.24, 2.45) is 0 Å². The van der Waals surface area contributed by atoms with Gasteiger partial charge in [-0.25, -0.2) is 4.98 Å². The molecule has 1 aliphatic carbocycles. The van der Waals surface area contributed by atoms with E-state index in [-0.39, 0.29) is 5.92 Å². The summed E-state index contributed by atoms with van der Waals surface area (Å²) < 4.78 is 0. The van der Waals surface area contributed by atoms with Crippen LogP contribution in [0.3, 0.4) is 0 Å². The van der Waals surface area contributed by atoms with Crippen molar-refractivity contribution in [2.75, 3.05) is 30.9 Å². The van der Waals surface area contributed by atoms with E-state index >= 15 is 0 Å². The summed E-state index contributed by atoms with van der Waals surface area (Å²) in [4.78, 5) is 7.06. The van der Waals surface area contributed by atoms with Crippen LogP contribution in [0.2, 0.25) is 10.0 Å². The fourth-order valence-electron chi connectivity index (χ4n) is 5.35. The molecule has 6 heteroatoms. The number of nitrogens with zero attached hydrogens (tertiary/aromatic N) is 2. The monoisotopic (exact) mass is 532 g/mol. The van der Waals surface area contributed by atoms with Gasteiger partial charge in [-0.1, -0.05) is 65.7 Å². The van der Waals surface area contributed by atoms with Crippen LogP contribution in [-0.4, -0.2) is 37.7 Å². The summed E-state index contributed by atoms with van der Waals surface area (Å²) in [6.45, 7) is 0.879. The van der Waals surface area contributed by atoms with E-state index in [0.29, 0.717) is 12.1 Å². The fraction of sp³-hybridized carbons (Fsp3) is 0.323. The Morgan fingerprint density at radius 2 is 1.38 bits per heavy atom. The van der Waals surface area contributed by atoms with Gasteiger partial charge < -0.3 is 15.5 Å². The number of fused-ring (bicyclic) bond motifs is 1. The van der Waals surface area contributed by atoms with Crippen molar-refractivity contribution in [2.45, 2.75) is 43.7 Å². The Balaban J connectivity index is 1.21. The second-order valence-electron chi connectivity index (χ2n) is 10.2. The normalized spacial score (nSPS) is 17.8. The lowest BCUT2D eigenvalue weighted by Gasteiger charge is -2.31. The van der Waals surface area contributed by atoms with Gasteiger partial charge in [0.1, 0.15) is 5.82 Å². The number of hydrogen-bond acceptors (Lipinski definition) is 4. The van der Waals surface area contributed by atoms with Crippen LogP contribution in [0.4, 0.5) is 11.5 Å². The Bertz CT molecular complexity index is 1270. The SMILES string of the molecule is CN(C)c1cc(NC2CCC(NCC(c3ccc(Cl)cc3)c3ccc(Cl)cc3)CC2)nc2ccccc12. The molecule has 0 aliphatic heterocycles. The van der Waals surface area contributed by atoms with Crippen LogP contribution in [0.5, 0.6) is 0 Å². The summed E-state index contributed by atoms with van der Waals surface area (Å²) in [5.41, 5.74) is 4.74. The Morgan fingerprint density at radius 1 is 0.811 bits per heavy atom. The predicted molar refractivity (Wildman–Crippen MR) is 158 cm³/mol. The highest BCUT2D eigenvalue weighted by molar-refractivity contribution is 6.30. The van der Waals surface area contributed by atoms with Gasteiger partial charge in [-0.15, -0.1) is 0 Å². The first kappa shape index (κ1) is 25.8. The number of nitrogens with one attached hydrogen (secondary N) is 2. The van der Waals surface area contributed by atoms with Crippen LogP contribution in [0, 0.1) is 0 Å². The van der Waals surface area contributed by atoms with Gasteiger partial charge in [-0.3, -0.25) is 0 Å². The van der Waals surface area contributed by atoms with Gasteiger partial charge in [0.05, 0.1) is 5.52 Å². The molecule has 4 nitrogen and oxygen atoms in total. The lowest BCUT2D eigenvalue weighted by Crippen LogP contribution is -2.39. The lowest BCUT2D eigenvalue weighted by molar-refractivity contribution is 0.351. The van der Waals surface area contributed by atoms with Gasteiger partial charge in [0, 0.05) is 65.8 Å². The number of pyridine rings is 1. The van der Waals surface area contributed by atoms with Gasteiger partial charge in [0.15, 0.2) is 0 Å². The topological polar surface area (TPSA) is 40.2 Å². The predicted octanol–water partition coefficient (Wildman–Crippen LogP) is 7.75. The van der Waals surface area contributed by atoms with E-state index in [1.165, 1.54) is 22.2 Å². The molecule has 1 fully saturated rings. The van der Waals surface area contributed by atoms with Gasteiger partial charge in [0.2, 0.25) is 0 Å². The van der Waals surface area contributed by atoms with Gasteiger partial charge in [-0.2, -0.15) is 0 Å². The van der Waals surface area contributed by atoms with Gasteiger partial charge in [0.25, 0.3) is 0 Å². The number of anilines is 2. The van der Waals surface area contributed by atoms with Crippen LogP contribution >= 0.6 is 23.2 Å². The summed E-state index contributed by atoms with van der Waals surface area (Å²) in [6.07, 6.45) is 4.52. The highest BCUT2D eigenvalue weighted by atomic mass is 35.5. The average Bonchev–Trinajstić information content (AvgIpc) is 2.91. The smallest absolute Gasteiger partial charge is 0.128 e. The summed E-state index contributed by atoms with van der Waals surface area (Å²) in [7, 11) is 4.17. The van der Waals surface area contributed by atoms with E-state index in [0.717, 1.165) is 53.6 Å². The molecule has 1 saturated carbocycles. The third-order valence-corrected chi connectivity index (χ3v) is 7.91. The van der Waals surface area contributed by atoms with E-state index in [4.69, 9.17) is 28.2 Å². The first-order valence-electron chi connectivity index (χ1n) is 13.0. The van der Waals surface area contributed by atoms with Crippen LogP contribution in [0.15, 0.2) is 78.9 Å². The van der Waals surface area contributed by atoms with Crippen LogP contribution in [0.1, 0.15) is 42.7 Å². The van der Waals surface area contributed by atoms with Crippen molar-refractivity contribution in [1.29, 1.82) is 0 Å². The molecule has 0 spiro atoms.